The summed E-state index contributed by atoms with van der Waals surface area (Å²) in [5, 5.41) is 10.0. The summed E-state index contributed by atoms with van der Waals surface area (Å²) in [6, 6.07) is 9.01. The van der Waals surface area contributed by atoms with Crippen LogP contribution in [0.1, 0.15) is 28.8 Å². The second kappa shape index (κ2) is 11.8. The molecule has 2 saturated heterocycles. The first-order valence-corrected chi connectivity index (χ1v) is 11.8. The van der Waals surface area contributed by atoms with E-state index in [0.29, 0.717) is 49.7 Å². The molecule has 0 bridgehead atoms. The number of benzene rings is 2. The fourth-order valence-electron chi connectivity index (χ4n) is 4.17. The number of morpholine rings is 1. The van der Waals surface area contributed by atoms with E-state index in [4.69, 9.17) is 9.47 Å². The van der Waals surface area contributed by atoms with Gasteiger partial charge in [0.1, 0.15) is 17.7 Å². The van der Waals surface area contributed by atoms with Crippen molar-refractivity contribution >= 4 is 35.2 Å². The average Bonchev–Trinajstić information content (AvgIpc) is 3.27. The molecule has 11 heteroatoms. The third kappa shape index (κ3) is 6.43. The highest BCUT2D eigenvalue weighted by Gasteiger charge is 2.33. The molecule has 0 radical (unpaired) electrons. The molecule has 37 heavy (non-hydrogen) atoms. The zero-order chi connectivity index (χ0) is 26.4. The van der Waals surface area contributed by atoms with Gasteiger partial charge in [-0.2, -0.15) is 0 Å². The first-order valence-electron chi connectivity index (χ1n) is 11.8. The molecule has 2 heterocycles. The summed E-state index contributed by atoms with van der Waals surface area (Å²) >= 11 is 0. The molecule has 2 fully saturated rings. The largest absolute Gasteiger partial charge is 0.507 e. The number of nitrogens with zero attached hydrogens (tertiary/aromatic N) is 2. The van der Waals surface area contributed by atoms with E-state index in [2.05, 4.69) is 10.3 Å². The van der Waals surface area contributed by atoms with Crippen LogP contribution in [0.3, 0.4) is 0 Å². The summed E-state index contributed by atoms with van der Waals surface area (Å²) in [5.74, 6) is -1.47. The average molecular weight is 514 g/mol. The van der Waals surface area contributed by atoms with Crippen molar-refractivity contribution in [3.05, 3.63) is 59.4 Å². The summed E-state index contributed by atoms with van der Waals surface area (Å²) in [4.78, 5) is 44.3. The van der Waals surface area contributed by atoms with Gasteiger partial charge in [0.15, 0.2) is 5.78 Å². The van der Waals surface area contributed by atoms with Crippen molar-refractivity contribution in [1.29, 1.82) is 0 Å². The second-order valence-electron chi connectivity index (χ2n) is 8.60. The van der Waals surface area contributed by atoms with Gasteiger partial charge < -0.3 is 19.5 Å². The van der Waals surface area contributed by atoms with Gasteiger partial charge in [-0.3, -0.25) is 19.3 Å². The van der Waals surface area contributed by atoms with Crippen LogP contribution in [0.4, 0.5) is 20.6 Å². The number of amides is 2. The highest BCUT2D eigenvalue weighted by atomic mass is 19.1. The first-order chi connectivity index (χ1) is 17.9. The Morgan fingerprint density at radius 2 is 2.00 bits per heavy atom. The second-order valence-corrected chi connectivity index (χ2v) is 8.60. The van der Waals surface area contributed by atoms with E-state index in [0.717, 1.165) is 0 Å². The monoisotopic (exact) mass is 513 g/mol. The van der Waals surface area contributed by atoms with Crippen LogP contribution < -0.4 is 15.3 Å². The molecule has 0 unspecified atom stereocenters. The van der Waals surface area contributed by atoms with Crippen molar-refractivity contribution in [2.24, 2.45) is 0 Å². The Balaban J connectivity index is 1.29. The number of carbonyl (C=O) groups excluding carboxylic acids is 3. The van der Waals surface area contributed by atoms with Crippen LogP contribution in [-0.2, 0) is 19.1 Å². The van der Waals surface area contributed by atoms with Gasteiger partial charge in [-0.25, -0.2) is 14.7 Å². The topological polar surface area (TPSA) is 118 Å². The molecule has 2 aromatic rings. The van der Waals surface area contributed by atoms with Gasteiger partial charge in [0.05, 0.1) is 43.8 Å². The maximum atomic E-state index is 14.8. The van der Waals surface area contributed by atoms with Crippen LogP contribution in [0.5, 0.6) is 5.75 Å². The van der Waals surface area contributed by atoms with Crippen molar-refractivity contribution in [1.82, 2.24) is 5.48 Å². The molecule has 10 nitrogen and oxygen atoms in total. The molecular formula is C26H28FN3O7. The fourth-order valence-corrected chi connectivity index (χ4v) is 4.17. The summed E-state index contributed by atoms with van der Waals surface area (Å²) in [6.07, 6.45) is 2.23. The number of cyclic esters (lactones) is 1. The predicted octanol–water partition coefficient (Wildman–Crippen LogP) is 3.05. The van der Waals surface area contributed by atoms with Crippen LogP contribution in [0.25, 0.3) is 6.08 Å². The van der Waals surface area contributed by atoms with Gasteiger partial charge in [-0.05, 0) is 48.4 Å². The molecule has 2 aliphatic rings. The molecule has 2 amide bonds. The zero-order valence-electron chi connectivity index (χ0n) is 20.3. The third-order valence-electron chi connectivity index (χ3n) is 6.10. The molecular weight excluding hydrogens is 485 g/mol. The molecule has 2 aliphatic heterocycles. The lowest BCUT2D eigenvalue weighted by Crippen LogP contribution is -2.36. The van der Waals surface area contributed by atoms with Crippen molar-refractivity contribution in [3.63, 3.8) is 0 Å². The Hall–Kier alpha value is -3.96. The number of hydroxylamine groups is 1. The molecule has 2 aromatic carbocycles. The normalized spacial score (nSPS) is 17.8. The number of allylic oxidation sites excluding steroid dienone is 1. The molecule has 0 spiro atoms. The van der Waals surface area contributed by atoms with Crippen LogP contribution >= 0.6 is 0 Å². The lowest BCUT2D eigenvalue weighted by Gasteiger charge is -2.29. The Kier molecular flexibility index (Phi) is 8.36. The van der Waals surface area contributed by atoms with Crippen molar-refractivity contribution < 1.29 is 38.2 Å². The van der Waals surface area contributed by atoms with E-state index in [1.165, 1.54) is 42.4 Å². The number of anilines is 2. The fraction of sp³-hybridized carbons (Fsp3) is 0.346. The van der Waals surface area contributed by atoms with E-state index in [9.17, 15) is 23.9 Å². The number of ketones is 1. The summed E-state index contributed by atoms with van der Waals surface area (Å²) < 4.78 is 25.4. The Morgan fingerprint density at radius 1 is 1.22 bits per heavy atom. The lowest BCUT2D eigenvalue weighted by molar-refractivity contribution is -0.115. The van der Waals surface area contributed by atoms with Crippen molar-refractivity contribution in [2.45, 2.75) is 18.9 Å². The Labute approximate surface area is 213 Å². The maximum Gasteiger partial charge on any atom is 0.414 e. The predicted molar refractivity (Wildman–Crippen MR) is 133 cm³/mol. The SMILES string of the molecule is CONC(=O)c1ccc(/C=C/C(=O)CC[C@H]2CN(c3ccc(N4CCOCC4)c(F)c3)C(=O)O2)cc1O. The van der Waals surface area contributed by atoms with Gasteiger partial charge in [0, 0.05) is 19.5 Å². The molecule has 0 aromatic heterocycles. The minimum atomic E-state index is -0.595. The van der Waals surface area contributed by atoms with Gasteiger partial charge >= 0.3 is 6.09 Å². The van der Waals surface area contributed by atoms with E-state index in [-0.39, 0.29) is 30.1 Å². The number of hydrogen-bond donors (Lipinski definition) is 2. The summed E-state index contributed by atoms with van der Waals surface area (Å²) in [7, 11) is 1.28. The van der Waals surface area contributed by atoms with E-state index >= 15 is 0 Å². The number of hydrogen-bond acceptors (Lipinski definition) is 8. The van der Waals surface area contributed by atoms with Gasteiger partial charge in [-0.1, -0.05) is 12.1 Å². The molecule has 2 N–H and O–H groups in total. The third-order valence-corrected chi connectivity index (χ3v) is 6.10. The summed E-state index contributed by atoms with van der Waals surface area (Å²) in [5.41, 5.74) is 3.55. The number of carbonyl (C=O) groups is 3. The minimum Gasteiger partial charge on any atom is -0.507 e. The van der Waals surface area contributed by atoms with Crippen molar-refractivity contribution in [2.75, 3.05) is 49.8 Å². The Bertz CT molecular complexity index is 1200. The zero-order valence-corrected chi connectivity index (χ0v) is 20.3. The smallest absolute Gasteiger partial charge is 0.414 e. The molecule has 0 saturated carbocycles. The van der Waals surface area contributed by atoms with Crippen LogP contribution in [0, 0.1) is 5.82 Å². The van der Waals surface area contributed by atoms with E-state index < -0.39 is 23.9 Å². The maximum absolute atomic E-state index is 14.8. The molecule has 0 aliphatic carbocycles. The summed E-state index contributed by atoms with van der Waals surface area (Å²) in [6.45, 7) is 2.50. The Morgan fingerprint density at radius 3 is 2.70 bits per heavy atom. The van der Waals surface area contributed by atoms with Crippen LogP contribution in [-0.4, -0.2) is 69.0 Å². The highest BCUT2D eigenvalue weighted by molar-refractivity contribution is 5.97. The lowest BCUT2D eigenvalue weighted by atomic mass is 10.1. The van der Waals surface area contributed by atoms with E-state index in [1.807, 2.05) is 4.90 Å². The van der Waals surface area contributed by atoms with E-state index in [1.54, 1.807) is 18.2 Å². The quantitative estimate of drug-likeness (QED) is 0.388. The molecule has 1 atom stereocenters. The van der Waals surface area contributed by atoms with Crippen LogP contribution in [0.15, 0.2) is 42.5 Å². The molecule has 196 valence electrons. The van der Waals surface area contributed by atoms with Crippen molar-refractivity contribution in [3.8, 4) is 5.75 Å². The number of rotatable bonds is 9. The minimum absolute atomic E-state index is 0.0357. The van der Waals surface area contributed by atoms with Crippen LogP contribution in [0.2, 0.25) is 0 Å². The van der Waals surface area contributed by atoms with Gasteiger partial charge in [-0.15, -0.1) is 0 Å². The first kappa shape index (κ1) is 26.1. The number of aromatic hydroxyl groups is 1. The standard InChI is InChI=1S/C26H28FN3O7/c1-35-28-25(33)21-8-3-17(14-24(21)32)2-5-19(31)6-7-20-16-30(26(34)37-20)18-4-9-23(22(27)15-18)29-10-12-36-13-11-29/h2-5,8-9,14-15,20,32H,6-7,10-13,16H2,1H3,(H,28,33)/b5-2+/t20-/m0/s1. The number of halogens is 1. The van der Waals surface area contributed by atoms with Gasteiger partial charge in [0.2, 0.25) is 0 Å². The van der Waals surface area contributed by atoms with Gasteiger partial charge in [0.25, 0.3) is 5.91 Å². The number of nitrogens with one attached hydrogen (secondary N) is 1. The number of ether oxygens (including phenoxy) is 2. The highest BCUT2D eigenvalue weighted by Crippen LogP contribution is 2.29. The number of phenolic OH excluding ortho intramolecular Hbond substituents is 1. The molecule has 4 rings (SSSR count). The number of phenols is 1.